The first-order valence-electron chi connectivity index (χ1n) is 12.1. The van der Waals surface area contributed by atoms with Crippen LogP contribution >= 0.6 is 11.8 Å². The fourth-order valence-corrected chi connectivity index (χ4v) is 4.85. The van der Waals surface area contributed by atoms with E-state index in [2.05, 4.69) is 21.6 Å². The predicted molar refractivity (Wildman–Crippen MR) is 141 cm³/mol. The Bertz CT molecular complexity index is 960. The van der Waals surface area contributed by atoms with E-state index in [-0.39, 0.29) is 5.91 Å². The van der Waals surface area contributed by atoms with Crippen molar-refractivity contribution in [1.82, 2.24) is 15.5 Å². The monoisotopic (exact) mass is 483 g/mol. The number of piperidine rings is 1. The number of aliphatic carboxylic acids is 1. The second-order valence-electron chi connectivity index (χ2n) is 8.92. The second-order valence-corrected chi connectivity index (χ2v) is 9.91. The molecule has 2 aromatic rings. The molecule has 0 aromatic heterocycles. The van der Waals surface area contributed by atoms with Crippen LogP contribution in [0.2, 0.25) is 0 Å². The van der Waals surface area contributed by atoms with Crippen LogP contribution < -0.4 is 10.6 Å². The normalized spacial score (nSPS) is 15.1. The van der Waals surface area contributed by atoms with E-state index < -0.39 is 12.0 Å². The lowest BCUT2D eigenvalue weighted by molar-refractivity contribution is -0.139. The summed E-state index contributed by atoms with van der Waals surface area (Å²) in [5.74, 6) is -0.685. The molecule has 6 nitrogen and oxygen atoms in total. The number of carboxylic acids is 1. The van der Waals surface area contributed by atoms with Crippen molar-refractivity contribution < 1.29 is 14.7 Å². The Balaban J connectivity index is 1.75. The molecule has 184 valence electrons. The molecule has 1 fully saturated rings. The minimum atomic E-state index is -1.01. The van der Waals surface area contributed by atoms with Gasteiger partial charge in [0.1, 0.15) is 6.04 Å². The van der Waals surface area contributed by atoms with Gasteiger partial charge >= 0.3 is 5.97 Å². The third kappa shape index (κ3) is 7.58. The van der Waals surface area contributed by atoms with Gasteiger partial charge in [0.15, 0.2) is 0 Å². The molecule has 1 aliphatic heterocycles. The Hall–Kier alpha value is -2.35. The van der Waals surface area contributed by atoms with Gasteiger partial charge in [-0.2, -0.15) is 11.8 Å². The molecule has 3 N–H and O–H groups in total. The van der Waals surface area contributed by atoms with Crippen LogP contribution in [-0.4, -0.2) is 66.1 Å². The minimum absolute atomic E-state index is 0.351. The van der Waals surface area contributed by atoms with E-state index in [4.69, 9.17) is 0 Å². The van der Waals surface area contributed by atoms with Gasteiger partial charge in [-0.05, 0) is 85.7 Å². The van der Waals surface area contributed by atoms with E-state index in [1.807, 2.05) is 49.6 Å². The van der Waals surface area contributed by atoms with Crippen LogP contribution in [0.5, 0.6) is 0 Å². The van der Waals surface area contributed by atoms with Crippen molar-refractivity contribution in [3.05, 3.63) is 59.2 Å². The lowest BCUT2D eigenvalue weighted by Gasteiger charge is -2.26. The molecular weight excluding hydrogens is 446 g/mol. The third-order valence-corrected chi connectivity index (χ3v) is 7.00. The number of aryl methyl sites for hydroxylation is 1. The van der Waals surface area contributed by atoms with Gasteiger partial charge in [0.2, 0.25) is 0 Å². The average molecular weight is 484 g/mol. The number of thioether (sulfide) groups is 1. The van der Waals surface area contributed by atoms with Gasteiger partial charge in [-0.15, -0.1) is 0 Å². The van der Waals surface area contributed by atoms with Gasteiger partial charge in [-0.3, -0.25) is 4.79 Å². The molecule has 7 heteroatoms. The smallest absolute Gasteiger partial charge is 0.326 e. The van der Waals surface area contributed by atoms with E-state index in [9.17, 15) is 14.7 Å². The zero-order valence-corrected chi connectivity index (χ0v) is 21.1. The van der Waals surface area contributed by atoms with E-state index in [1.165, 1.54) is 32.4 Å². The Morgan fingerprint density at radius 2 is 1.85 bits per heavy atom. The highest BCUT2D eigenvalue weighted by Crippen LogP contribution is 2.28. The summed E-state index contributed by atoms with van der Waals surface area (Å²) in [5, 5.41) is 15.8. The fraction of sp³-hybridized carbons (Fsp3) is 0.481. The lowest BCUT2D eigenvalue weighted by atomic mass is 9.93. The molecule has 0 spiro atoms. The van der Waals surface area contributed by atoms with Gasteiger partial charge in [-0.1, -0.05) is 36.8 Å². The Morgan fingerprint density at radius 3 is 2.56 bits per heavy atom. The quantitative estimate of drug-likeness (QED) is 0.393. The number of benzene rings is 2. The number of nitrogens with zero attached hydrogens (tertiary/aromatic N) is 1. The summed E-state index contributed by atoms with van der Waals surface area (Å²) in [6, 6.07) is 12.9. The highest BCUT2D eigenvalue weighted by molar-refractivity contribution is 7.98. The zero-order valence-electron chi connectivity index (χ0n) is 20.3. The SMILES string of the molecule is CSCC[C@H](NC(=O)c1ccc(CNCCN2CCCCC2)cc1-c1ccccc1C)C(=O)O. The number of amides is 1. The molecule has 3 rings (SSSR count). The maximum Gasteiger partial charge on any atom is 0.326 e. The number of hydrogen-bond donors (Lipinski definition) is 3. The first-order valence-corrected chi connectivity index (χ1v) is 13.5. The maximum absolute atomic E-state index is 13.2. The van der Waals surface area contributed by atoms with Crippen molar-refractivity contribution >= 4 is 23.6 Å². The van der Waals surface area contributed by atoms with Crippen LogP contribution in [0.4, 0.5) is 0 Å². The van der Waals surface area contributed by atoms with E-state index >= 15 is 0 Å². The second kappa shape index (κ2) is 13.5. The molecule has 0 aliphatic carbocycles. The van der Waals surface area contributed by atoms with E-state index in [0.717, 1.165) is 41.9 Å². The van der Waals surface area contributed by atoms with Crippen LogP contribution in [0.25, 0.3) is 11.1 Å². The summed E-state index contributed by atoms with van der Waals surface area (Å²) in [6.45, 7) is 7.11. The van der Waals surface area contributed by atoms with E-state index in [1.54, 1.807) is 11.8 Å². The molecule has 0 unspecified atom stereocenters. The van der Waals surface area contributed by atoms with Crippen LogP contribution in [0.15, 0.2) is 42.5 Å². The average Bonchev–Trinajstić information content (AvgIpc) is 2.85. The number of rotatable bonds is 12. The van der Waals surface area contributed by atoms with E-state index in [0.29, 0.717) is 17.7 Å². The van der Waals surface area contributed by atoms with Crippen molar-refractivity contribution in [2.75, 3.05) is 38.2 Å². The van der Waals surface area contributed by atoms with Crippen molar-refractivity contribution in [2.45, 2.75) is 45.2 Å². The summed E-state index contributed by atoms with van der Waals surface area (Å²) in [7, 11) is 0. The van der Waals surface area contributed by atoms with Gasteiger partial charge in [-0.25, -0.2) is 4.79 Å². The number of hydrogen-bond acceptors (Lipinski definition) is 5. The topological polar surface area (TPSA) is 81.7 Å². The Labute approximate surface area is 207 Å². The van der Waals surface area contributed by atoms with Crippen LogP contribution in [-0.2, 0) is 11.3 Å². The molecule has 0 saturated carbocycles. The summed E-state index contributed by atoms with van der Waals surface area (Å²) in [6.07, 6.45) is 6.25. The van der Waals surface area contributed by atoms with Crippen molar-refractivity contribution in [2.24, 2.45) is 0 Å². The van der Waals surface area contributed by atoms with Gasteiger partial charge in [0, 0.05) is 25.2 Å². The Morgan fingerprint density at radius 1 is 1.09 bits per heavy atom. The summed E-state index contributed by atoms with van der Waals surface area (Å²) in [5.41, 5.74) is 4.50. The minimum Gasteiger partial charge on any atom is -0.480 e. The van der Waals surface area contributed by atoms with Crippen LogP contribution in [0.3, 0.4) is 0 Å². The number of carbonyl (C=O) groups excluding carboxylic acids is 1. The fourth-order valence-electron chi connectivity index (χ4n) is 4.38. The number of carbonyl (C=O) groups is 2. The van der Waals surface area contributed by atoms with Gasteiger partial charge < -0.3 is 20.6 Å². The summed E-state index contributed by atoms with van der Waals surface area (Å²) in [4.78, 5) is 27.3. The van der Waals surface area contributed by atoms with Gasteiger partial charge in [0.25, 0.3) is 5.91 Å². The number of nitrogens with one attached hydrogen (secondary N) is 2. The molecule has 1 saturated heterocycles. The highest BCUT2D eigenvalue weighted by atomic mass is 32.2. The molecule has 1 heterocycles. The highest BCUT2D eigenvalue weighted by Gasteiger charge is 2.22. The van der Waals surface area contributed by atoms with Crippen molar-refractivity contribution in [3.8, 4) is 11.1 Å². The van der Waals surface area contributed by atoms with Crippen molar-refractivity contribution in [1.29, 1.82) is 0 Å². The van der Waals surface area contributed by atoms with Gasteiger partial charge in [0.05, 0.1) is 0 Å². The van der Waals surface area contributed by atoms with Crippen molar-refractivity contribution in [3.63, 3.8) is 0 Å². The number of likely N-dealkylation sites (tertiary alicyclic amines) is 1. The molecule has 34 heavy (non-hydrogen) atoms. The van der Waals surface area contributed by atoms with Crippen LogP contribution in [0, 0.1) is 6.92 Å². The Kier molecular flexibility index (Phi) is 10.4. The first-order chi connectivity index (χ1) is 16.5. The van der Waals surface area contributed by atoms with Crippen LogP contribution in [0.1, 0.15) is 47.2 Å². The molecule has 1 amide bonds. The first kappa shape index (κ1) is 26.3. The summed E-state index contributed by atoms with van der Waals surface area (Å²) >= 11 is 1.57. The number of carboxylic acid groups (broad SMARTS) is 1. The largest absolute Gasteiger partial charge is 0.480 e. The molecule has 0 radical (unpaired) electrons. The maximum atomic E-state index is 13.2. The third-order valence-electron chi connectivity index (χ3n) is 6.36. The predicted octanol–water partition coefficient (Wildman–Crippen LogP) is 4.17. The molecule has 1 atom stereocenters. The zero-order chi connectivity index (χ0) is 24.3. The molecule has 0 bridgehead atoms. The molecule has 1 aliphatic rings. The standard InChI is InChI=1S/C27H37N3O3S/c1-20-8-4-5-9-22(20)24-18-21(19-28-13-16-30-14-6-3-7-15-30)10-11-23(24)26(31)29-25(27(32)33)12-17-34-2/h4-5,8-11,18,25,28H,3,6-7,12-17,19H2,1-2H3,(H,29,31)(H,32,33)/t25-/m0/s1. The summed E-state index contributed by atoms with van der Waals surface area (Å²) < 4.78 is 0. The lowest BCUT2D eigenvalue weighted by Crippen LogP contribution is -2.41. The molecule has 2 aromatic carbocycles. The molecular formula is C27H37N3O3S.